The van der Waals surface area contributed by atoms with Gasteiger partial charge in [0.1, 0.15) is 11.6 Å². The van der Waals surface area contributed by atoms with Gasteiger partial charge in [-0.25, -0.2) is 8.78 Å². The molecule has 5 heteroatoms. The van der Waals surface area contributed by atoms with Gasteiger partial charge in [-0.3, -0.25) is 4.79 Å². The monoisotopic (exact) mass is 257 g/mol. The number of nitrogens with one attached hydrogen (secondary N) is 1. The summed E-state index contributed by atoms with van der Waals surface area (Å²) < 4.78 is 26.6. The van der Waals surface area contributed by atoms with Crippen molar-refractivity contribution in [1.29, 1.82) is 0 Å². The fourth-order valence-corrected chi connectivity index (χ4v) is 1.89. The highest BCUT2D eigenvalue weighted by atomic mass is 19.1. The highest BCUT2D eigenvalue weighted by molar-refractivity contribution is 5.68. The van der Waals surface area contributed by atoms with Gasteiger partial charge in [-0.2, -0.15) is 0 Å². The van der Waals surface area contributed by atoms with Gasteiger partial charge in [-0.1, -0.05) is 13.0 Å². The first-order valence-electron chi connectivity index (χ1n) is 5.81. The second kappa shape index (κ2) is 5.91. The lowest BCUT2D eigenvalue weighted by molar-refractivity contribution is -0.138. The van der Waals surface area contributed by atoms with Crippen LogP contribution in [0.3, 0.4) is 0 Å². The summed E-state index contributed by atoms with van der Waals surface area (Å²) in [5.41, 5.74) is -0.876. The maximum absolute atomic E-state index is 13.8. The first-order valence-corrected chi connectivity index (χ1v) is 5.81. The Morgan fingerprint density at radius 1 is 1.44 bits per heavy atom. The van der Waals surface area contributed by atoms with Crippen molar-refractivity contribution in [3.05, 3.63) is 35.4 Å². The van der Waals surface area contributed by atoms with Crippen molar-refractivity contribution in [3.8, 4) is 0 Å². The lowest BCUT2D eigenvalue weighted by atomic mass is 9.88. The normalized spacial score (nSPS) is 14.2. The third kappa shape index (κ3) is 3.50. The minimum Gasteiger partial charge on any atom is -0.481 e. The third-order valence-electron chi connectivity index (χ3n) is 2.80. The van der Waals surface area contributed by atoms with E-state index in [1.165, 1.54) is 6.07 Å². The smallest absolute Gasteiger partial charge is 0.305 e. The van der Waals surface area contributed by atoms with Crippen LogP contribution in [-0.2, 0) is 10.3 Å². The zero-order valence-corrected chi connectivity index (χ0v) is 10.5. The average Bonchev–Trinajstić information content (AvgIpc) is 2.25. The van der Waals surface area contributed by atoms with Gasteiger partial charge in [-0.05, 0) is 26.0 Å². The molecule has 0 saturated heterocycles. The molecular weight excluding hydrogens is 240 g/mol. The molecule has 3 nitrogen and oxygen atoms in total. The number of carbonyl (C=O) groups is 1. The summed E-state index contributed by atoms with van der Waals surface area (Å²) in [7, 11) is 0. The summed E-state index contributed by atoms with van der Waals surface area (Å²) >= 11 is 0. The van der Waals surface area contributed by atoms with Crippen LogP contribution in [0.1, 0.15) is 32.3 Å². The number of carboxylic acid groups (broad SMARTS) is 1. The summed E-state index contributed by atoms with van der Waals surface area (Å²) in [5.74, 6) is -2.45. The van der Waals surface area contributed by atoms with Crippen LogP contribution >= 0.6 is 0 Å². The van der Waals surface area contributed by atoms with Crippen molar-refractivity contribution in [2.24, 2.45) is 0 Å². The molecule has 0 aliphatic heterocycles. The van der Waals surface area contributed by atoms with E-state index in [9.17, 15) is 13.6 Å². The molecule has 1 rings (SSSR count). The molecule has 0 fully saturated rings. The molecule has 1 unspecified atom stereocenters. The Hall–Kier alpha value is -1.49. The molecule has 0 amide bonds. The van der Waals surface area contributed by atoms with Gasteiger partial charge >= 0.3 is 5.97 Å². The number of carboxylic acids is 1. The Labute approximate surface area is 105 Å². The van der Waals surface area contributed by atoms with E-state index >= 15 is 0 Å². The van der Waals surface area contributed by atoms with Crippen LogP contribution in [0, 0.1) is 11.6 Å². The van der Waals surface area contributed by atoms with Crippen molar-refractivity contribution in [1.82, 2.24) is 5.32 Å². The zero-order chi connectivity index (χ0) is 13.8. The van der Waals surface area contributed by atoms with Crippen molar-refractivity contribution in [2.45, 2.75) is 32.2 Å². The SMILES string of the molecule is CCCNC(C)(CC(=O)O)c1ccc(F)cc1F. The fourth-order valence-electron chi connectivity index (χ4n) is 1.89. The van der Waals surface area contributed by atoms with Gasteiger partial charge in [0.25, 0.3) is 0 Å². The quantitative estimate of drug-likeness (QED) is 0.823. The van der Waals surface area contributed by atoms with Crippen LogP contribution in [0.5, 0.6) is 0 Å². The van der Waals surface area contributed by atoms with Gasteiger partial charge in [0.15, 0.2) is 0 Å². The molecule has 0 heterocycles. The number of hydrogen-bond donors (Lipinski definition) is 2. The van der Waals surface area contributed by atoms with E-state index in [1.54, 1.807) is 6.92 Å². The van der Waals surface area contributed by atoms with Gasteiger partial charge < -0.3 is 10.4 Å². The molecule has 0 aromatic heterocycles. The lowest BCUT2D eigenvalue weighted by Crippen LogP contribution is -2.42. The molecule has 0 aliphatic carbocycles. The predicted molar refractivity (Wildman–Crippen MR) is 64.3 cm³/mol. The molecule has 1 aromatic rings. The molecule has 0 spiro atoms. The van der Waals surface area contributed by atoms with E-state index in [-0.39, 0.29) is 12.0 Å². The number of aliphatic carboxylic acids is 1. The van der Waals surface area contributed by atoms with E-state index in [4.69, 9.17) is 5.11 Å². The van der Waals surface area contributed by atoms with Gasteiger partial charge in [0.2, 0.25) is 0 Å². The minimum atomic E-state index is -1.04. The third-order valence-corrected chi connectivity index (χ3v) is 2.80. The molecule has 1 atom stereocenters. The molecule has 0 bridgehead atoms. The molecule has 1 aromatic carbocycles. The second-order valence-corrected chi connectivity index (χ2v) is 4.45. The summed E-state index contributed by atoms with van der Waals surface area (Å²) in [6.45, 7) is 4.09. The van der Waals surface area contributed by atoms with Gasteiger partial charge in [0, 0.05) is 11.6 Å². The van der Waals surface area contributed by atoms with E-state index in [2.05, 4.69) is 5.32 Å². The molecule has 2 N–H and O–H groups in total. The van der Waals surface area contributed by atoms with Crippen LogP contribution in [-0.4, -0.2) is 17.6 Å². The first-order chi connectivity index (χ1) is 8.39. The van der Waals surface area contributed by atoms with Crippen LogP contribution in [0.15, 0.2) is 18.2 Å². The predicted octanol–water partition coefficient (Wildman–Crippen LogP) is 2.65. The van der Waals surface area contributed by atoms with E-state index in [0.29, 0.717) is 6.54 Å². The number of benzene rings is 1. The lowest BCUT2D eigenvalue weighted by Gasteiger charge is -2.30. The highest BCUT2D eigenvalue weighted by Gasteiger charge is 2.31. The van der Waals surface area contributed by atoms with Crippen molar-refractivity contribution in [3.63, 3.8) is 0 Å². The van der Waals surface area contributed by atoms with Crippen molar-refractivity contribution < 1.29 is 18.7 Å². The summed E-state index contributed by atoms with van der Waals surface area (Å²) in [4.78, 5) is 10.9. The second-order valence-electron chi connectivity index (χ2n) is 4.45. The molecule has 0 radical (unpaired) electrons. The average molecular weight is 257 g/mol. The summed E-state index contributed by atoms with van der Waals surface area (Å²) in [6.07, 6.45) is 0.521. The van der Waals surface area contributed by atoms with E-state index < -0.39 is 23.1 Å². The van der Waals surface area contributed by atoms with Crippen LogP contribution in [0.4, 0.5) is 8.78 Å². The Morgan fingerprint density at radius 3 is 2.61 bits per heavy atom. The van der Waals surface area contributed by atoms with Gasteiger partial charge in [0.05, 0.1) is 12.0 Å². The topological polar surface area (TPSA) is 49.3 Å². The maximum Gasteiger partial charge on any atom is 0.305 e. The number of rotatable bonds is 6. The number of hydrogen-bond acceptors (Lipinski definition) is 2. The largest absolute Gasteiger partial charge is 0.481 e. The Kier molecular flexibility index (Phi) is 4.78. The Balaban J connectivity index is 3.11. The van der Waals surface area contributed by atoms with E-state index in [1.807, 2.05) is 6.92 Å². The standard InChI is InChI=1S/C13H17F2NO2/c1-3-6-16-13(2,8-12(17)18)10-5-4-9(14)7-11(10)15/h4-5,7,16H,3,6,8H2,1-2H3,(H,17,18). The minimum absolute atomic E-state index is 0.166. The molecule has 100 valence electrons. The molecule has 0 saturated carbocycles. The molecular formula is C13H17F2NO2. The highest BCUT2D eigenvalue weighted by Crippen LogP contribution is 2.27. The number of halogens is 2. The van der Waals surface area contributed by atoms with E-state index in [0.717, 1.165) is 18.6 Å². The van der Waals surface area contributed by atoms with Crippen LogP contribution in [0.2, 0.25) is 0 Å². The fraction of sp³-hybridized carbons (Fsp3) is 0.462. The summed E-state index contributed by atoms with van der Waals surface area (Å²) in [5, 5.41) is 11.9. The van der Waals surface area contributed by atoms with Crippen molar-refractivity contribution in [2.75, 3.05) is 6.54 Å². The van der Waals surface area contributed by atoms with Crippen LogP contribution in [0.25, 0.3) is 0 Å². The van der Waals surface area contributed by atoms with Crippen molar-refractivity contribution >= 4 is 5.97 Å². The maximum atomic E-state index is 13.8. The Morgan fingerprint density at radius 2 is 2.11 bits per heavy atom. The Bertz CT molecular complexity index is 437. The first kappa shape index (κ1) is 14.6. The molecule has 18 heavy (non-hydrogen) atoms. The zero-order valence-electron chi connectivity index (χ0n) is 10.5. The molecule has 0 aliphatic rings. The summed E-state index contributed by atoms with van der Waals surface area (Å²) in [6, 6.07) is 3.19. The van der Waals surface area contributed by atoms with Gasteiger partial charge in [-0.15, -0.1) is 0 Å². The van der Waals surface area contributed by atoms with Crippen LogP contribution < -0.4 is 5.32 Å².